The molecule has 162 valence electrons. The van der Waals surface area contributed by atoms with Gasteiger partial charge < -0.3 is 15.5 Å². The molecule has 1 atom stereocenters. The van der Waals surface area contributed by atoms with Gasteiger partial charge in [-0.3, -0.25) is 4.79 Å². The molecule has 2 aromatic rings. The molecule has 1 amide bonds. The summed E-state index contributed by atoms with van der Waals surface area (Å²) in [6.07, 6.45) is 2.45. The summed E-state index contributed by atoms with van der Waals surface area (Å²) in [6.45, 7) is 7.64. The molecule has 10 heteroatoms. The first-order chi connectivity index (χ1) is 14.0. The molecule has 0 bridgehead atoms. The molecule has 2 N–H and O–H groups in total. The number of primary amides is 1. The summed E-state index contributed by atoms with van der Waals surface area (Å²) < 4.78 is 37.8. The van der Waals surface area contributed by atoms with Gasteiger partial charge in [0.1, 0.15) is 10.7 Å². The van der Waals surface area contributed by atoms with Crippen LogP contribution in [0.2, 0.25) is 0 Å². The second-order valence-electron chi connectivity index (χ2n) is 7.87. The highest BCUT2D eigenvalue weighted by molar-refractivity contribution is 7.90. The van der Waals surface area contributed by atoms with Crippen molar-refractivity contribution in [2.45, 2.75) is 31.7 Å². The molecule has 0 radical (unpaired) electrons. The third-order valence-corrected chi connectivity index (χ3v) is 6.47. The standard InChI is InChI=1S/C20H26FN5O3S/c1-12(2)17-11-25(14-5-6-16(21)18(9-14)30(4,28)29)7-8-26(17)20-23-10-15(19(22)27)13(3)24-20/h5-6,9-10,12,17H,7-8,11H2,1-4H3,(H2,22,27). The van der Waals surface area contributed by atoms with E-state index < -0.39 is 21.6 Å². The Labute approximate surface area is 175 Å². The minimum absolute atomic E-state index is 0.0318. The van der Waals surface area contributed by atoms with Crippen LogP contribution in [-0.2, 0) is 9.84 Å². The fourth-order valence-electron chi connectivity index (χ4n) is 3.67. The summed E-state index contributed by atoms with van der Waals surface area (Å²) in [4.78, 5) is 24.1. The van der Waals surface area contributed by atoms with Gasteiger partial charge in [-0.25, -0.2) is 22.8 Å². The van der Waals surface area contributed by atoms with Crippen LogP contribution in [0.1, 0.15) is 29.9 Å². The number of carbonyl (C=O) groups excluding carboxylic acids is 1. The quantitative estimate of drug-likeness (QED) is 0.762. The van der Waals surface area contributed by atoms with E-state index in [0.29, 0.717) is 37.0 Å². The smallest absolute Gasteiger partial charge is 0.252 e. The maximum atomic E-state index is 14.0. The molecule has 30 heavy (non-hydrogen) atoms. The van der Waals surface area contributed by atoms with Crippen molar-refractivity contribution >= 4 is 27.4 Å². The van der Waals surface area contributed by atoms with Gasteiger partial charge in [0.2, 0.25) is 5.95 Å². The van der Waals surface area contributed by atoms with Crippen molar-refractivity contribution in [2.75, 3.05) is 35.7 Å². The van der Waals surface area contributed by atoms with E-state index in [1.807, 2.05) is 4.90 Å². The molecule has 0 aliphatic carbocycles. The Kier molecular flexibility index (Phi) is 5.98. The maximum Gasteiger partial charge on any atom is 0.252 e. The van der Waals surface area contributed by atoms with Crippen molar-refractivity contribution in [3.05, 3.63) is 41.5 Å². The molecule has 1 unspecified atom stereocenters. The van der Waals surface area contributed by atoms with Crippen molar-refractivity contribution in [3.8, 4) is 0 Å². The van der Waals surface area contributed by atoms with Crippen LogP contribution in [0, 0.1) is 18.7 Å². The van der Waals surface area contributed by atoms with E-state index in [0.717, 1.165) is 6.26 Å². The minimum atomic E-state index is -3.66. The molecule has 1 aliphatic heterocycles. The number of rotatable bonds is 5. The molecule has 8 nitrogen and oxygen atoms in total. The largest absolute Gasteiger partial charge is 0.368 e. The molecule has 1 saturated heterocycles. The van der Waals surface area contributed by atoms with Gasteiger partial charge in [-0.2, -0.15) is 0 Å². The van der Waals surface area contributed by atoms with Gasteiger partial charge in [0, 0.05) is 37.8 Å². The first-order valence-electron chi connectivity index (χ1n) is 9.63. The minimum Gasteiger partial charge on any atom is -0.368 e. The molecule has 1 aromatic carbocycles. The van der Waals surface area contributed by atoms with Crippen LogP contribution in [0.3, 0.4) is 0 Å². The van der Waals surface area contributed by atoms with Gasteiger partial charge in [0.05, 0.1) is 17.3 Å². The lowest BCUT2D eigenvalue weighted by Crippen LogP contribution is -2.56. The number of benzene rings is 1. The predicted molar refractivity (Wildman–Crippen MR) is 113 cm³/mol. The summed E-state index contributed by atoms with van der Waals surface area (Å²) in [6, 6.07) is 4.21. The molecule has 0 saturated carbocycles. The molecular formula is C20H26FN5O3S. The average Bonchev–Trinajstić information content (AvgIpc) is 2.66. The summed E-state index contributed by atoms with van der Waals surface area (Å²) in [7, 11) is -3.66. The van der Waals surface area contributed by atoms with Crippen LogP contribution >= 0.6 is 0 Å². The summed E-state index contributed by atoms with van der Waals surface area (Å²) >= 11 is 0. The number of aromatic nitrogens is 2. The Morgan fingerprint density at radius 1 is 1.30 bits per heavy atom. The van der Waals surface area contributed by atoms with Gasteiger partial charge in [-0.1, -0.05) is 13.8 Å². The SMILES string of the molecule is Cc1nc(N2CCN(c3ccc(F)c(S(C)(=O)=O)c3)CC2C(C)C)ncc1C(N)=O. The lowest BCUT2D eigenvalue weighted by Gasteiger charge is -2.44. The number of nitrogens with two attached hydrogens (primary N) is 1. The zero-order chi connectivity index (χ0) is 22.2. The van der Waals surface area contributed by atoms with E-state index in [1.54, 1.807) is 13.0 Å². The number of carbonyl (C=O) groups is 1. The van der Waals surface area contributed by atoms with Crippen molar-refractivity contribution in [3.63, 3.8) is 0 Å². The van der Waals surface area contributed by atoms with Gasteiger partial charge in [-0.05, 0) is 31.0 Å². The van der Waals surface area contributed by atoms with E-state index in [1.165, 1.54) is 18.3 Å². The highest BCUT2D eigenvalue weighted by Crippen LogP contribution is 2.28. The molecule has 3 rings (SSSR count). The Bertz CT molecular complexity index is 1070. The fourth-order valence-corrected chi connectivity index (χ4v) is 4.43. The van der Waals surface area contributed by atoms with Crippen molar-refractivity contribution < 1.29 is 17.6 Å². The van der Waals surface area contributed by atoms with Crippen molar-refractivity contribution in [1.82, 2.24) is 9.97 Å². The second kappa shape index (κ2) is 8.17. The topological polar surface area (TPSA) is 109 Å². The van der Waals surface area contributed by atoms with E-state index in [-0.39, 0.29) is 22.4 Å². The van der Waals surface area contributed by atoms with Crippen LogP contribution in [-0.4, -0.2) is 56.2 Å². The van der Waals surface area contributed by atoms with E-state index >= 15 is 0 Å². The van der Waals surface area contributed by atoms with Gasteiger partial charge in [0.25, 0.3) is 5.91 Å². The monoisotopic (exact) mass is 435 g/mol. The highest BCUT2D eigenvalue weighted by Gasteiger charge is 2.32. The van der Waals surface area contributed by atoms with E-state index in [9.17, 15) is 17.6 Å². The van der Waals surface area contributed by atoms with E-state index in [4.69, 9.17) is 5.73 Å². The van der Waals surface area contributed by atoms with Crippen LogP contribution in [0.5, 0.6) is 0 Å². The third kappa shape index (κ3) is 4.38. The molecule has 0 spiro atoms. The third-order valence-electron chi connectivity index (χ3n) is 5.36. The van der Waals surface area contributed by atoms with Crippen LogP contribution in [0.4, 0.5) is 16.0 Å². The van der Waals surface area contributed by atoms with Gasteiger partial charge >= 0.3 is 0 Å². The number of anilines is 2. The Hall–Kier alpha value is -2.75. The van der Waals surface area contributed by atoms with Crippen LogP contribution in [0.25, 0.3) is 0 Å². The highest BCUT2D eigenvalue weighted by atomic mass is 32.2. The number of piperazine rings is 1. The molecule has 1 aromatic heterocycles. The maximum absolute atomic E-state index is 14.0. The Morgan fingerprint density at radius 3 is 2.57 bits per heavy atom. The van der Waals surface area contributed by atoms with Crippen LogP contribution in [0.15, 0.2) is 29.3 Å². The van der Waals surface area contributed by atoms with Crippen molar-refractivity contribution in [2.24, 2.45) is 11.7 Å². The lowest BCUT2D eigenvalue weighted by atomic mass is 9.99. The zero-order valence-corrected chi connectivity index (χ0v) is 18.3. The number of hydrogen-bond donors (Lipinski definition) is 1. The summed E-state index contributed by atoms with van der Waals surface area (Å²) in [5, 5.41) is 0. The van der Waals surface area contributed by atoms with E-state index in [2.05, 4.69) is 28.7 Å². The Balaban J connectivity index is 1.90. The normalized spacial score (nSPS) is 17.5. The fraction of sp³-hybridized carbons (Fsp3) is 0.450. The predicted octanol–water partition coefficient (Wildman–Crippen LogP) is 1.78. The lowest BCUT2D eigenvalue weighted by molar-refractivity contribution is 0.0999. The van der Waals surface area contributed by atoms with Gasteiger partial charge in [-0.15, -0.1) is 0 Å². The molecule has 1 aliphatic rings. The zero-order valence-electron chi connectivity index (χ0n) is 17.5. The number of hydrogen-bond acceptors (Lipinski definition) is 7. The average molecular weight is 436 g/mol. The van der Waals surface area contributed by atoms with Crippen LogP contribution < -0.4 is 15.5 Å². The Morgan fingerprint density at radius 2 is 2.00 bits per heavy atom. The number of halogens is 1. The summed E-state index contributed by atoms with van der Waals surface area (Å²) in [5.74, 6) is -0.560. The number of aryl methyl sites for hydroxylation is 1. The number of amides is 1. The number of nitrogens with zero attached hydrogens (tertiary/aromatic N) is 4. The van der Waals surface area contributed by atoms with Gasteiger partial charge in [0.15, 0.2) is 9.84 Å². The van der Waals surface area contributed by atoms with Crippen molar-refractivity contribution in [1.29, 1.82) is 0 Å². The second-order valence-corrected chi connectivity index (χ2v) is 9.86. The first kappa shape index (κ1) is 21.9. The number of sulfone groups is 1. The molecule has 2 heterocycles. The molecular weight excluding hydrogens is 409 g/mol. The summed E-state index contributed by atoms with van der Waals surface area (Å²) in [5.41, 5.74) is 6.81. The first-order valence-corrected chi connectivity index (χ1v) is 11.5. The molecule has 1 fully saturated rings.